The van der Waals surface area contributed by atoms with Crippen molar-refractivity contribution in [2.24, 2.45) is 0 Å². The quantitative estimate of drug-likeness (QED) is 0.663. The monoisotopic (exact) mass is 229 g/mol. The summed E-state index contributed by atoms with van der Waals surface area (Å²) in [6.07, 6.45) is 0.903. The first-order valence-corrected chi connectivity index (χ1v) is 5.80. The lowest BCUT2D eigenvalue weighted by molar-refractivity contribution is -0.127. The Morgan fingerprint density at radius 2 is 2.25 bits per heavy atom. The molecule has 0 bridgehead atoms. The lowest BCUT2D eigenvalue weighted by Gasteiger charge is -2.25. The highest BCUT2D eigenvalue weighted by molar-refractivity contribution is 5.82. The summed E-state index contributed by atoms with van der Waals surface area (Å²) in [5.41, 5.74) is 0. The van der Waals surface area contributed by atoms with Gasteiger partial charge < -0.3 is 15.4 Å². The molecule has 1 aliphatic rings. The van der Waals surface area contributed by atoms with Gasteiger partial charge in [0.1, 0.15) is 0 Å². The van der Waals surface area contributed by atoms with Crippen LogP contribution < -0.4 is 10.6 Å². The van der Waals surface area contributed by atoms with Crippen molar-refractivity contribution in [3.8, 4) is 0 Å². The molecule has 1 fully saturated rings. The molecular weight excluding hydrogens is 206 g/mol. The first-order chi connectivity index (χ1) is 7.60. The molecule has 1 rings (SSSR count). The largest absolute Gasteiger partial charge is 0.378 e. The maximum atomic E-state index is 12.0. The SMILES string of the molecule is CC[C@@H](C(=O)N[C@@H]1CNC[C@@H]1OC)N(C)C. The zero-order valence-corrected chi connectivity index (χ0v) is 10.6. The van der Waals surface area contributed by atoms with Crippen molar-refractivity contribution in [2.75, 3.05) is 34.3 Å². The predicted octanol–water partition coefficient (Wildman–Crippen LogP) is -0.570. The number of nitrogens with one attached hydrogen (secondary N) is 2. The fourth-order valence-corrected chi connectivity index (χ4v) is 2.11. The van der Waals surface area contributed by atoms with Gasteiger partial charge in [-0.05, 0) is 20.5 Å². The van der Waals surface area contributed by atoms with Gasteiger partial charge in [-0.15, -0.1) is 0 Å². The van der Waals surface area contributed by atoms with Crippen LogP contribution >= 0.6 is 0 Å². The van der Waals surface area contributed by atoms with Gasteiger partial charge in [0.05, 0.1) is 18.2 Å². The summed E-state index contributed by atoms with van der Waals surface area (Å²) in [4.78, 5) is 13.9. The van der Waals surface area contributed by atoms with Crippen LogP contribution in [0.25, 0.3) is 0 Å². The Labute approximate surface area is 97.5 Å². The lowest BCUT2D eigenvalue weighted by Crippen LogP contribution is -2.50. The number of hydrogen-bond donors (Lipinski definition) is 2. The van der Waals surface area contributed by atoms with Crippen molar-refractivity contribution >= 4 is 5.91 Å². The molecular formula is C11H23N3O2. The molecule has 0 saturated carbocycles. The Balaban J connectivity index is 2.49. The van der Waals surface area contributed by atoms with Crippen LogP contribution in [0.2, 0.25) is 0 Å². The second-order valence-electron chi connectivity index (χ2n) is 4.44. The number of carbonyl (C=O) groups is 1. The summed E-state index contributed by atoms with van der Waals surface area (Å²) in [6.45, 7) is 3.61. The summed E-state index contributed by atoms with van der Waals surface area (Å²) < 4.78 is 5.31. The van der Waals surface area contributed by atoms with E-state index in [2.05, 4.69) is 10.6 Å². The Morgan fingerprint density at radius 3 is 2.75 bits per heavy atom. The van der Waals surface area contributed by atoms with Crippen LogP contribution in [0, 0.1) is 0 Å². The van der Waals surface area contributed by atoms with Gasteiger partial charge in [-0.25, -0.2) is 0 Å². The molecule has 2 N–H and O–H groups in total. The molecule has 0 aliphatic carbocycles. The summed E-state index contributed by atoms with van der Waals surface area (Å²) >= 11 is 0. The maximum absolute atomic E-state index is 12.0. The van der Waals surface area contributed by atoms with Crippen LogP contribution in [0.15, 0.2) is 0 Å². The third kappa shape index (κ3) is 3.17. The third-order valence-corrected chi connectivity index (χ3v) is 3.10. The van der Waals surface area contributed by atoms with E-state index < -0.39 is 0 Å². The van der Waals surface area contributed by atoms with Crippen LogP contribution in [-0.2, 0) is 9.53 Å². The number of nitrogens with zero attached hydrogens (tertiary/aromatic N) is 1. The summed E-state index contributed by atoms with van der Waals surface area (Å²) in [5, 5.41) is 6.26. The third-order valence-electron chi connectivity index (χ3n) is 3.10. The second-order valence-corrected chi connectivity index (χ2v) is 4.44. The van der Waals surface area contributed by atoms with E-state index in [1.165, 1.54) is 0 Å². The molecule has 5 nitrogen and oxygen atoms in total. The van der Waals surface area contributed by atoms with Crippen molar-refractivity contribution in [3.63, 3.8) is 0 Å². The Morgan fingerprint density at radius 1 is 1.56 bits per heavy atom. The molecule has 1 aliphatic heterocycles. The van der Waals surface area contributed by atoms with Gasteiger partial charge in [0.25, 0.3) is 0 Å². The van der Waals surface area contributed by atoms with E-state index in [-0.39, 0.29) is 24.1 Å². The zero-order valence-electron chi connectivity index (χ0n) is 10.6. The molecule has 0 radical (unpaired) electrons. The number of carbonyl (C=O) groups excluding carboxylic acids is 1. The summed E-state index contributed by atoms with van der Waals surface area (Å²) in [6, 6.07) is 0.0320. The second kappa shape index (κ2) is 6.18. The van der Waals surface area contributed by atoms with Crippen molar-refractivity contribution in [3.05, 3.63) is 0 Å². The number of rotatable bonds is 5. The molecule has 3 atom stereocenters. The number of ether oxygens (including phenoxy) is 1. The number of methoxy groups -OCH3 is 1. The van der Waals surface area contributed by atoms with Gasteiger partial charge in [0.2, 0.25) is 5.91 Å². The Hall–Kier alpha value is -0.650. The van der Waals surface area contributed by atoms with Gasteiger partial charge >= 0.3 is 0 Å². The fraction of sp³-hybridized carbons (Fsp3) is 0.909. The molecule has 1 amide bonds. The fourth-order valence-electron chi connectivity index (χ4n) is 2.11. The smallest absolute Gasteiger partial charge is 0.237 e. The first-order valence-electron chi connectivity index (χ1n) is 5.80. The molecule has 0 aromatic rings. The van der Waals surface area contributed by atoms with Crippen LogP contribution in [0.4, 0.5) is 0 Å². The molecule has 5 heteroatoms. The van der Waals surface area contributed by atoms with E-state index in [4.69, 9.17) is 4.74 Å². The highest BCUT2D eigenvalue weighted by atomic mass is 16.5. The molecule has 94 valence electrons. The van der Waals surface area contributed by atoms with Gasteiger partial charge in [0, 0.05) is 20.2 Å². The van der Waals surface area contributed by atoms with Crippen LogP contribution in [0.1, 0.15) is 13.3 Å². The zero-order chi connectivity index (χ0) is 12.1. The van der Waals surface area contributed by atoms with Gasteiger partial charge in [-0.3, -0.25) is 9.69 Å². The predicted molar refractivity (Wildman–Crippen MR) is 63.4 cm³/mol. The Kier molecular flexibility index (Phi) is 5.18. The first kappa shape index (κ1) is 13.4. The number of amides is 1. The topological polar surface area (TPSA) is 53.6 Å². The lowest BCUT2D eigenvalue weighted by atomic mass is 10.1. The van der Waals surface area contributed by atoms with E-state index in [0.717, 1.165) is 19.5 Å². The van der Waals surface area contributed by atoms with E-state index in [0.29, 0.717) is 0 Å². The minimum absolute atomic E-state index is 0.0573. The van der Waals surface area contributed by atoms with Crippen molar-refractivity contribution in [1.29, 1.82) is 0 Å². The molecule has 16 heavy (non-hydrogen) atoms. The highest BCUT2D eigenvalue weighted by Gasteiger charge is 2.30. The average molecular weight is 229 g/mol. The molecule has 0 spiro atoms. The van der Waals surface area contributed by atoms with Crippen LogP contribution in [0.5, 0.6) is 0 Å². The highest BCUT2D eigenvalue weighted by Crippen LogP contribution is 2.06. The average Bonchev–Trinajstić information content (AvgIpc) is 2.65. The minimum atomic E-state index is -0.0573. The molecule has 0 unspecified atom stereocenters. The minimum Gasteiger partial charge on any atom is -0.378 e. The van der Waals surface area contributed by atoms with Crippen molar-refractivity contribution < 1.29 is 9.53 Å². The number of likely N-dealkylation sites (N-methyl/N-ethyl adjacent to an activating group) is 1. The van der Waals surface area contributed by atoms with Crippen molar-refractivity contribution in [2.45, 2.75) is 31.5 Å². The Bertz CT molecular complexity index is 233. The van der Waals surface area contributed by atoms with Gasteiger partial charge in [-0.2, -0.15) is 0 Å². The molecule has 1 heterocycles. The standard InChI is InChI=1S/C11H23N3O2/c1-5-9(14(2)3)11(15)13-8-6-12-7-10(8)16-4/h8-10,12H,5-7H2,1-4H3,(H,13,15)/t8-,9+,10+/m1/s1. The molecule has 1 saturated heterocycles. The number of hydrogen-bond acceptors (Lipinski definition) is 4. The van der Waals surface area contributed by atoms with Gasteiger partial charge in [-0.1, -0.05) is 6.92 Å². The molecule has 0 aromatic heterocycles. The summed E-state index contributed by atoms with van der Waals surface area (Å²) in [5.74, 6) is 0.0863. The maximum Gasteiger partial charge on any atom is 0.237 e. The van der Waals surface area contributed by atoms with Crippen molar-refractivity contribution in [1.82, 2.24) is 15.5 Å². The normalized spacial score (nSPS) is 27.1. The van der Waals surface area contributed by atoms with Crippen LogP contribution in [0.3, 0.4) is 0 Å². The van der Waals surface area contributed by atoms with E-state index in [1.807, 2.05) is 25.9 Å². The van der Waals surface area contributed by atoms with E-state index in [9.17, 15) is 4.79 Å². The van der Waals surface area contributed by atoms with Crippen LogP contribution in [-0.4, -0.2) is 63.3 Å². The summed E-state index contributed by atoms with van der Waals surface area (Å²) in [7, 11) is 5.53. The molecule has 0 aromatic carbocycles. The van der Waals surface area contributed by atoms with E-state index in [1.54, 1.807) is 7.11 Å². The van der Waals surface area contributed by atoms with E-state index >= 15 is 0 Å². The van der Waals surface area contributed by atoms with Gasteiger partial charge in [0.15, 0.2) is 0 Å².